The van der Waals surface area contributed by atoms with E-state index in [2.05, 4.69) is 4.90 Å². The second-order valence-corrected chi connectivity index (χ2v) is 4.25. The minimum Gasteiger partial charge on any atom is -0.481 e. The summed E-state index contributed by atoms with van der Waals surface area (Å²) in [7, 11) is 0. The van der Waals surface area contributed by atoms with Gasteiger partial charge in [0.15, 0.2) is 0 Å². The van der Waals surface area contributed by atoms with Gasteiger partial charge in [-0.05, 0) is 24.6 Å². The molecule has 1 unspecified atom stereocenters. The molecular weight excluding hydrogens is 218 g/mol. The number of nitrogens with zero attached hydrogens (tertiary/aromatic N) is 1. The molecule has 1 aromatic rings. The topological polar surface area (TPSA) is 49.8 Å². The van der Waals surface area contributed by atoms with E-state index in [9.17, 15) is 4.79 Å². The molecule has 0 spiro atoms. The summed E-state index contributed by atoms with van der Waals surface area (Å²) in [5.41, 5.74) is 1.98. The summed E-state index contributed by atoms with van der Waals surface area (Å²) in [6, 6.07) is 7.76. The number of rotatable bonds is 3. The summed E-state index contributed by atoms with van der Waals surface area (Å²) in [4.78, 5) is 13.1. The number of hydrogen-bond acceptors (Lipinski definition) is 3. The predicted molar refractivity (Wildman–Crippen MR) is 65.5 cm³/mol. The zero-order chi connectivity index (χ0) is 12.3. The molecule has 1 aliphatic rings. The highest BCUT2D eigenvalue weighted by atomic mass is 16.5. The molecule has 0 bridgehead atoms. The quantitative estimate of drug-likeness (QED) is 0.866. The van der Waals surface area contributed by atoms with Gasteiger partial charge in [-0.3, -0.25) is 4.79 Å². The number of anilines is 1. The molecule has 92 valence electrons. The van der Waals surface area contributed by atoms with E-state index in [-0.39, 0.29) is 0 Å². The Morgan fingerprint density at radius 3 is 2.41 bits per heavy atom. The molecule has 0 aromatic heterocycles. The van der Waals surface area contributed by atoms with E-state index in [4.69, 9.17) is 9.84 Å². The Kier molecular flexibility index (Phi) is 3.64. The van der Waals surface area contributed by atoms with E-state index in [0.29, 0.717) is 0 Å². The third kappa shape index (κ3) is 2.77. The smallest absolute Gasteiger partial charge is 0.310 e. The molecule has 1 aromatic carbocycles. The molecule has 1 atom stereocenters. The first-order valence-electron chi connectivity index (χ1n) is 5.84. The van der Waals surface area contributed by atoms with Crippen LogP contribution in [0.15, 0.2) is 24.3 Å². The Morgan fingerprint density at radius 1 is 1.29 bits per heavy atom. The minimum absolute atomic E-state index is 0.450. The van der Waals surface area contributed by atoms with Crippen molar-refractivity contribution in [2.75, 3.05) is 31.2 Å². The van der Waals surface area contributed by atoms with Crippen LogP contribution in [-0.4, -0.2) is 37.4 Å². The van der Waals surface area contributed by atoms with E-state index >= 15 is 0 Å². The average Bonchev–Trinajstić information content (AvgIpc) is 2.39. The highest BCUT2D eigenvalue weighted by molar-refractivity contribution is 5.75. The summed E-state index contributed by atoms with van der Waals surface area (Å²) >= 11 is 0. The Balaban J connectivity index is 2.09. The Hall–Kier alpha value is -1.55. The number of morpholine rings is 1. The molecule has 0 radical (unpaired) electrons. The number of carbonyl (C=O) groups is 1. The number of benzene rings is 1. The fourth-order valence-corrected chi connectivity index (χ4v) is 1.94. The van der Waals surface area contributed by atoms with Crippen molar-refractivity contribution in [1.82, 2.24) is 0 Å². The number of hydrogen-bond donors (Lipinski definition) is 1. The molecule has 2 rings (SSSR count). The number of ether oxygens (including phenoxy) is 1. The van der Waals surface area contributed by atoms with Crippen molar-refractivity contribution in [2.45, 2.75) is 12.8 Å². The van der Waals surface area contributed by atoms with Crippen LogP contribution < -0.4 is 4.90 Å². The van der Waals surface area contributed by atoms with Gasteiger partial charge in [-0.25, -0.2) is 0 Å². The highest BCUT2D eigenvalue weighted by Gasteiger charge is 2.15. The molecular formula is C13H17NO3. The van der Waals surface area contributed by atoms with Crippen molar-refractivity contribution >= 4 is 11.7 Å². The van der Waals surface area contributed by atoms with Crippen LogP contribution in [0.4, 0.5) is 5.69 Å². The van der Waals surface area contributed by atoms with Gasteiger partial charge >= 0.3 is 5.97 Å². The fourth-order valence-electron chi connectivity index (χ4n) is 1.94. The van der Waals surface area contributed by atoms with Crippen LogP contribution in [0.5, 0.6) is 0 Å². The normalized spacial score (nSPS) is 17.8. The van der Waals surface area contributed by atoms with Crippen LogP contribution in [0.3, 0.4) is 0 Å². The molecule has 17 heavy (non-hydrogen) atoms. The molecule has 1 heterocycles. The molecule has 1 saturated heterocycles. The van der Waals surface area contributed by atoms with Crippen molar-refractivity contribution in [3.63, 3.8) is 0 Å². The van der Waals surface area contributed by atoms with Crippen LogP contribution in [0.1, 0.15) is 18.4 Å². The van der Waals surface area contributed by atoms with Crippen LogP contribution in [0.25, 0.3) is 0 Å². The largest absolute Gasteiger partial charge is 0.481 e. The average molecular weight is 235 g/mol. The molecule has 1 N–H and O–H groups in total. The van der Waals surface area contributed by atoms with E-state index in [1.807, 2.05) is 24.3 Å². The minimum atomic E-state index is -0.788. The second-order valence-electron chi connectivity index (χ2n) is 4.25. The van der Waals surface area contributed by atoms with E-state index in [1.165, 1.54) is 0 Å². The first-order valence-corrected chi connectivity index (χ1v) is 5.84. The van der Waals surface area contributed by atoms with Crippen molar-refractivity contribution in [2.24, 2.45) is 0 Å². The van der Waals surface area contributed by atoms with Crippen molar-refractivity contribution in [3.05, 3.63) is 29.8 Å². The van der Waals surface area contributed by atoms with Gasteiger partial charge in [-0.2, -0.15) is 0 Å². The summed E-state index contributed by atoms with van der Waals surface area (Å²) < 4.78 is 5.30. The van der Waals surface area contributed by atoms with E-state index in [0.717, 1.165) is 37.6 Å². The lowest BCUT2D eigenvalue weighted by Gasteiger charge is -2.29. The van der Waals surface area contributed by atoms with Gasteiger partial charge in [-0.1, -0.05) is 12.1 Å². The molecule has 4 heteroatoms. The maximum atomic E-state index is 10.9. The van der Waals surface area contributed by atoms with E-state index < -0.39 is 11.9 Å². The lowest BCUT2D eigenvalue weighted by atomic mass is 10.0. The summed E-state index contributed by atoms with van der Waals surface area (Å²) in [6.07, 6.45) is 0. The third-order valence-electron chi connectivity index (χ3n) is 3.14. The van der Waals surface area contributed by atoms with Crippen LogP contribution in [-0.2, 0) is 9.53 Å². The van der Waals surface area contributed by atoms with E-state index in [1.54, 1.807) is 6.92 Å². The van der Waals surface area contributed by atoms with Gasteiger partial charge < -0.3 is 14.7 Å². The molecule has 1 fully saturated rings. The van der Waals surface area contributed by atoms with Crippen LogP contribution in [0.2, 0.25) is 0 Å². The first-order chi connectivity index (χ1) is 8.18. The molecule has 4 nitrogen and oxygen atoms in total. The molecule has 0 saturated carbocycles. The van der Waals surface area contributed by atoms with Crippen molar-refractivity contribution in [3.8, 4) is 0 Å². The van der Waals surface area contributed by atoms with Crippen molar-refractivity contribution < 1.29 is 14.6 Å². The number of carboxylic acids is 1. The summed E-state index contributed by atoms with van der Waals surface area (Å²) in [5.74, 6) is -1.24. The van der Waals surface area contributed by atoms with Gasteiger partial charge in [0.05, 0.1) is 19.1 Å². The zero-order valence-electron chi connectivity index (χ0n) is 9.93. The predicted octanol–water partition coefficient (Wildman–Crippen LogP) is 1.71. The highest BCUT2D eigenvalue weighted by Crippen LogP contribution is 2.21. The van der Waals surface area contributed by atoms with Crippen LogP contribution >= 0.6 is 0 Å². The second kappa shape index (κ2) is 5.19. The Bertz CT molecular complexity index is 382. The van der Waals surface area contributed by atoms with Gasteiger partial charge in [0.25, 0.3) is 0 Å². The summed E-state index contributed by atoms with van der Waals surface area (Å²) in [6.45, 7) is 5.01. The maximum absolute atomic E-state index is 10.9. The monoisotopic (exact) mass is 235 g/mol. The standard InChI is InChI=1S/C13H17NO3/c1-10(13(15)16)11-2-4-12(5-3-11)14-6-8-17-9-7-14/h2-5,10H,6-9H2,1H3,(H,15,16). The van der Waals surface area contributed by atoms with Crippen LogP contribution in [0, 0.1) is 0 Å². The van der Waals surface area contributed by atoms with Gasteiger partial charge in [-0.15, -0.1) is 0 Å². The van der Waals surface area contributed by atoms with Gasteiger partial charge in [0.2, 0.25) is 0 Å². The van der Waals surface area contributed by atoms with Gasteiger partial charge in [0.1, 0.15) is 0 Å². The van der Waals surface area contributed by atoms with Gasteiger partial charge in [0, 0.05) is 18.8 Å². The molecule has 0 amide bonds. The number of aliphatic carboxylic acids is 1. The maximum Gasteiger partial charge on any atom is 0.310 e. The fraction of sp³-hybridized carbons (Fsp3) is 0.462. The lowest BCUT2D eigenvalue weighted by Crippen LogP contribution is -2.36. The van der Waals surface area contributed by atoms with Crippen molar-refractivity contribution in [1.29, 1.82) is 0 Å². The number of carboxylic acid groups (broad SMARTS) is 1. The Labute approximate surface area is 101 Å². The Morgan fingerprint density at radius 2 is 1.88 bits per heavy atom. The zero-order valence-corrected chi connectivity index (χ0v) is 9.93. The first kappa shape index (κ1) is 11.9. The third-order valence-corrected chi connectivity index (χ3v) is 3.14. The summed E-state index contributed by atoms with van der Waals surface area (Å²) in [5, 5.41) is 8.93. The molecule has 0 aliphatic carbocycles. The lowest BCUT2D eigenvalue weighted by molar-refractivity contribution is -0.138. The SMILES string of the molecule is CC(C(=O)O)c1ccc(N2CCOCC2)cc1. The molecule has 1 aliphatic heterocycles.